The molecular formula is C18H21N5O2. The van der Waals surface area contributed by atoms with Crippen LogP contribution in [0, 0.1) is 0 Å². The Morgan fingerprint density at radius 3 is 2.80 bits per heavy atom. The van der Waals surface area contributed by atoms with Crippen molar-refractivity contribution in [2.45, 2.75) is 39.2 Å². The zero-order chi connectivity index (χ0) is 17.2. The first-order valence-corrected chi connectivity index (χ1v) is 8.70. The highest BCUT2D eigenvalue weighted by atomic mass is 16.5. The third-order valence-electron chi connectivity index (χ3n) is 4.46. The van der Waals surface area contributed by atoms with Gasteiger partial charge in [0.2, 0.25) is 5.95 Å². The average Bonchev–Trinajstić information content (AvgIpc) is 3.05. The highest BCUT2D eigenvalue weighted by Gasteiger charge is 2.18. The lowest BCUT2D eigenvalue weighted by molar-refractivity contribution is 0.340. The summed E-state index contributed by atoms with van der Waals surface area (Å²) >= 11 is 0. The quantitative estimate of drug-likeness (QED) is 0.745. The van der Waals surface area contributed by atoms with Gasteiger partial charge in [0.25, 0.3) is 11.3 Å². The number of nitrogens with zero attached hydrogens (tertiary/aromatic N) is 3. The molecule has 4 rings (SSSR count). The number of anilines is 1. The van der Waals surface area contributed by atoms with Crippen LogP contribution < -0.4 is 15.6 Å². The first kappa shape index (κ1) is 15.7. The largest absolute Gasteiger partial charge is 0.494 e. The Kier molecular flexibility index (Phi) is 4.13. The Bertz CT molecular complexity index is 942. The number of benzene rings is 1. The number of fused-ring (bicyclic) bond motifs is 2. The monoisotopic (exact) mass is 339 g/mol. The van der Waals surface area contributed by atoms with E-state index in [0.717, 1.165) is 48.3 Å². The third-order valence-corrected chi connectivity index (χ3v) is 4.46. The van der Waals surface area contributed by atoms with Crippen LogP contribution >= 0.6 is 0 Å². The molecule has 2 aromatic heterocycles. The Hall–Kier alpha value is -2.83. The topological polar surface area (TPSA) is 84.3 Å². The average molecular weight is 339 g/mol. The molecular weight excluding hydrogens is 318 g/mol. The number of ether oxygens (including phenoxy) is 1. The van der Waals surface area contributed by atoms with Crippen molar-refractivity contribution in [2.75, 3.05) is 11.9 Å². The summed E-state index contributed by atoms with van der Waals surface area (Å²) < 4.78 is 6.88. The van der Waals surface area contributed by atoms with Crippen LogP contribution in [-0.2, 0) is 19.4 Å². The third kappa shape index (κ3) is 3.09. The first-order valence-electron chi connectivity index (χ1n) is 8.70. The van der Waals surface area contributed by atoms with Gasteiger partial charge in [-0.25, -0.2) is 4.98 Å². The van der Waals surface area contributed by atoms with Gasteiger partial charge >= 0.3 is 0 Å². The summed E-state index contributed by atoms with van der Waals surface area (Å²) in [6.45, 7) is 3.22. The number of rotatable bonds is 5. The van der Waals surface area contributed by atoms with Crippen molar-refractivity contribution < 1.29 is 4.74 Å². The van der Waals surface area contributed by atoms with E-state index in [-0.39, 0.29) is 5.56 Å². The Labute approximate surface area is 145 Å². The number of aromatic nitrogens is 4. The minimum Gasteiger partial charge on any atom is -0.494 e. The molecule has 130 valence electrons. The molecule has 0 unspecified atom stereocenters. The van der Waals surface area contributed by atoms with Gasteiger partial charge in [0, 0.05) is 12.1 Å². The van der Waals surface area contributed by atoms with Gasteiger partial charge in [-0.2, -0.15) is 9.50 Å². The molecule has 0 radical (unpaired) electrons. The molecule has 1 aliphatic carbocycles. The number of aryl methyl sites for hydroxylation is 1. The number of nitrogens with one attached hydrogen (secondary N) is 2. The molecule has 7 nitrogen and oxygen atoms in total. The van der Waals surface area contributed by atoms with Gasteiger partial charge < -0.3 is 10.1 Å². The van der Waals surface area contributed by atoms with E-state index < -0.39 is 0 Å². The van der Waals surface area contributed by atoms with Crippen molar-refractivity contribution in [3.05, 3.63) is 51.4 Å². The molecule has 0 saturated heterocycles. The van der Waals surface area contributed by atoms with Gasteiger partial charge in [0.1, 0.15) is 5.75 Å². The molecule has 0 spiro atoms. The fraction of sp³-hybridized carbons (Fsp3) is 0.389. The van der Waals surface area contributed by atoms with Gasteiger partial charge in [-0.15, -0.1) is 0 Å². The van der Waals surface area contributed by atoms with Gasteiger partial charge in [-0.05, 0) is 50.3 Å². The summed E-state index contributed by atoms with van der Waals surface area (Å²) in [5.74, 6) is 1.83. The van der Waals surface area contributed by atoms with Crippen LogP contribution in [0.3, 0.4) is 0 Å². The predicted molar refractivity (Wildman–Crippen MR) is 95.2 cm³/mol. The van der Waals surface area contributed by atoms with Crippen molar-refractivity contribution in [2.24, 2.45) is 0 Å². The van der Waals surface area contributed by atoms with E-state index in [1.165, 1.54) is 4.52 Å². The van der Waals surface area contributed by atoms with E-state index in [2.05, 4.69) is 20.4 Å². The lowest BCUT2D eigenvalue weighted by atomic mass is 9.97. The Morgan fingerprint density at radius 2 is 2.00 bits per heavy atom. The number of aromatic amines is 1. The van der Waals surface area contributed by atoms with Crippen LogP contribution in [0.2, 0.25) is 0 Å². The lowest BCUT2D eigenvalue weighted by Gasteiger charge is -2.12. The van der Waals surface area contributed by atoms with E-state index >= 15 is 0 Å². The second-order valence-electron chi connectivity index (χ2n) is 6.19. The second kappa shape index (κ2) is 6.58. The minimum atomic E-state index is -0.0266. The molecule has 2 N–H and O–H groups in total. The second-order valence-corrected chi connectivity index (χ2v) is 6.19. The van der Waals surface area contributed by atoms with E-state index in [9.17, 15) is 4.79 Å². The maximum Gasteiger partial charge on any atom is 0.277 e. The van der Waals surface area contributed by atoms with E-state index in [0.29, 0.717) is 24.9 Å². The summed E-state index contributed by atoms with van der Waals surface area (Å²) in [5.41, 5.74) is 2.80. The zero-order valence-electron chi connectivity index (χ0n) is 14.2. The summed E-state index contributed by atoms with van der Waals surface area (Å²) in [6, 6.07) is 7.89. The molecule has 0 saturated carbocycles. The van der Waals surface area contributed by atoms with Crippen molar-refractivity contribution in [1.29, 1.82) is 0 Å². The number of H-pyrrole nitrogens is 1. The number of hydrogen-bond acceptors (Lipinski definition) is 5. The van der Waals surface area contributed by atoms with Gasteiger partial charge in [-0.3, -0.25) is 9.89 Å². The Morgan fingerprint density at radius 1 is 1.20 bits per heavy atom. The van der Waals surface area contributed by atoms with E-state index in [1.807, 2.05) is 31.2 Å². The van der Waals surface area contributed by atoms with Crippen molar-refractivity contribution in [1.82, 2.24) is 19.6 Å². The molecule has 25 heavy (non-hydrogen) atoms. The van der Waals surface area contributed by atoms with Crippen molar-refractivity contribution >= 4 is 11.7 Å². The molecule has 3 aromatic rings. The van der Waals surface area contributed by atoms with E-state index in [1.54, 1.807) is 0 Å². The molecule has 2 heterocycles. The normalized spacial score (nSPS) is 13.6. The summed E-state index contributed by atoms with van der Waals surface area (Å²) in [4.78, 5) is 21.5. The van der Waals surface area contributed by atoms with Crippen molar-refractivity contribution in [3.8, 4) is 5.75 Å². The minimum absolute atomic E-state index is 0.0266. The van der Waals surface area contributed by atoms with E-state index in [4.69, 9.17) is 4.74 Å². The van der Waals surface area contributed by atoms with Crippen LogP contribution in [0.15, 0.2) is 29.1 Å². The van der Waals surface area contributed by atoms with Crippen LogP contribution in [-0.4, -0.2) is 26.2 Å². The smallest absolute Gasteiger partial charge is 0.277 e. The maximum absolute atomic E-state index is 12.6. The molecule has 0 amide bonds. The zero-order valence-corrected chi connectivity index (χ0v) is 14.2. The highest BCUT2D eigenvalue weighted by Crippen LogP contribution is 2.17. The standard InChI is InChI=1S/C18H21N5O2/c1-2-25-13-9-7-12(8-10-13)11-19-17-21-18-20-15-6-4-3-5-14(15)16(24)23(18)22-17/h7-10H,2-6,11H2,1H3,(H2,19,20,21,22). The first-order chi connectivity index (χ1) is 12.2. The molecule has 7 heteroatoms. The van der Waals surface area contributed by atoms with Gasteiger partial charge in [0.15, 0.2) is 0 Å². The summed E-state index contributed by atoms with van der Waals surface area (Å²) in [5, 5.41) is 6.22. The highest BCUT2D eigenvalue weighted by molar-refractivity contribution is 5.40. The maximum atomic E-state index is 12.6. The van der Waals surface area contributed by atoms with Crippen LogP contribution in [0.1, 0.15) is 36.6 Å². The predicted octanol–water partition coefficient (Wildman–Crippen LogP) is 2.31. The summed E-state index contributed by atoms with van der Waals surface area (Å²) in [7, 11) is 0. The molecule has 0 bridgehead atoms. The lowest BCUT2D eigenvalue weighted by Crippen LogP contribution is -2.25. The fourth-order valence-electron chi connectivity index (χ4n) is 3.18. The van der Waals surface area contributed by atoms with Crippen LogP contribution in [0.5, 0.6) is 5.75 Å². The van der Waals surface area contributed by atoms with Crippen LogP contribution in [0.25, 0.3) is 5.78 Å². The number of hydrogen-bond donors (Lipinski definition) is 2. The van der Waals surface area contributed by atoms with Crippen molar-refractivity contribution in [3.63, 3.8) is 0 Å². The molecule has 0 aliphatic heterocycles. The summed E-state index contributed by atoms with van der Waals surface area (Å²) in [6.07, 6.45) is 3.80. The molecule has 0 fully saturated rings. The SMILES string of the molecule is CCOc1ccc(CNc2nc3nc4c(c(=O)n3[nH]2)CCCC4)cc1. The molecule has 1 aromatic carbocycles. The van der Waals surface area contributed by atoms with Crippen LogP contribution in [0.4, 0.5) is 5.95 Å². The fourth-order valence-corrected chi connectivity index (χ4v) is 3.18. The molecule has 0 atom stereocenters. The molecule has 1 aliphatic rings. The van der Waals surface area contributed by atoms with Gasteiger partial charge in [0.05, 0.1) is 12.3 Å². The Balaban J connectivity index is 1.54. The van der Waals surface area contributed by atoms with Gasteiger partial charge in [-0.1, -0.05) is 12.1 Å².